The predicted molar refractivity (Wildman–Crippen MR) is 110 cm³/mol. The molecule has 154 valence electrons. The van der Waals surface area contributed by atoms with Crippen LogP contribution in [-0.2, 0) is 9.59 Å². The van der Waals surface area contributed by atoms with Gasteiger partial charge < -0.3 is 20.4 Å². The standard InChI is InChI=1S/C22H22N4O4/c1-13-2-5-18(15-4-3-14-6-7-30-19(14)9-15)26(12-13)22(29)21(28)25-17-8-16(20(23)27)10-24-11-17/h3-4,6-11,13,18H,2,5,12H2,1H3,(H2,23,27)(H,25,28)/t13-,18+/m1/s1. The summed E-state index contributed by atoms with van der Waals surface area (Å²) >= 11 is 0. The highest BCUT2D eigenvalue weighted by Gasteiger charge is 2.34. The molecule has 3 amide bonds. The number of pyridine rings is 1. The maximum Gasteiger partial charge on any atom is 0.313 e. The fraction of sp³-hybridized carbons (Fsp3) is 0.273. The molecule has 3 N–H and O–H groups in total. The van der Waals surface area contributed by atoms with Crippen molar-refractivity contribution in [2.45, 2.75) is 25.8 Å². The Labute approximate surface area is 173 Å². The number of benzene rings is 1. The molecule has 1 aromatic carbocycles. The summed E-state index contributed by atoms with van der Waals surface area (Å²) in [6, 6.07) is 8.90. The molecule has 0 bridgehead atoms. The minimum atomic E-state index is -0.781. The number of rotatable bonds is 3. The van der Waals surface area contributed by atoms with Crippen molar-refractivity contribution in [3.8, 4) is 0 Å². The van der Waals surface area contributed by atoms with Crippen molar-refractivity contribution >= 4 is 34.4 Å². The van der Waals surface area contributed by atoms with Gasteiger partial charge in [0.2, 0.25) is 5.91 Å². The maximum atomic E-state index is 13.0. The highest BCUT2D eigenvalue weighted by atomic mass is 16.3. The van der Waals surface area contributed by atoms with Crippen molar-refractivity contribution < 1.29 is 18.8 Å². The summed E-state index contributed by atoms with van der Waals surface area (Å²) in [6.07, 6.45) is 6.00. The molecule has 4 rings (SSSR count). The number of anilines is 1. The zero-order valence-corrected chi connectivity index (χ0v) is 16.5. The van der Waals surface area contributed by atoms with E-state index in [0.717, 1.165) is 29.4 Å². The van der Waals surface area contributed by atoms with E-state index in [4.69, 9.17) is 10.2 Å². The summed E-state index contributed by atoms with van der Waals surface area (Å²) in [5.41, 5.74) is 7.31. The van der Waals surface area contributed by atoms with Crippen molar-refractivity contribution in [1.29, 1.82) is 0 Å². The van der Waals surface area contributed by atoms with Gasteiger partial charge in [0.15, 0.2) is 0 Å². The van der Waals surface area contributed by atoms with Crippen LogP contribution in [0.1, 0.15) is 41.7 Å². The fourth-order valence-corrected chi connectivity index (χ4v) is 3.86. The average molecular weight is 406 g/mol. The number of nitrogens with two attached hydrogens (primary N) is 1. The van der Waals surface area contributed by atoms with Crippen LogP contribution in [0.25, 0.3) is 11.0 Å². The monoisotopic (exact) mass is 406 g/mol. The van der Waals surface area contributed by atoms with Gasteiger partial charge in [0.05, 0.1) is 29.8 Å². The van der Waals surface area contributed by atoms with E-state index in [-0.39, 0.29) is 23.2 Å². The van der Waals surface area contributed by atoms with Crippen molar-refractivity contribution in [3.63, 3.8) is 0 Å². The summed E-state index contributed by atoms with van der Waals surface area (Å²) < 4.78 is 5.50. The van der Waals surface area contributed by atoms with Crippen LogP contribution in [0.15, 0.2) is 53.4 Å². The van der Waals surface area contributed by atoms with E-state index in [1.807, 2.05) is 24.3 Å². The Morgan fingerprint density at radius 1 is 1.17 bits per heavy atom. The van der Waals surface area contributed by atoms with Crippen LogP contribution >= 0.6 is 0 Å². The molecule has 8 nitrogen and oxygen atoms in total. The topological polar surface area (TPSA) is 119 Å². The lowest BCUT2D eigenvalue weighted by Crippen LogP contribution is -2.46. The van der Waals surface area contributed by atoms with Gasteiger partial charge in [-0.2, -0.15) is 0 Å². The van der Waals surface area contributed by atoms with Crippen molar-refractivity contribution in [3.05, 3.63) is 60.1 Å². The van der Waals surface area contributed by atoms with Crippen LogP contribution in [0, 0.1) is 5.92 Å². The highest BCUT2D eigenvalue weighted by molar-refractivity contribution is 6.39. The third-order valence-electron chi connectivity index (χ3n) is 5.42. The van der Waals surface area contributed by atoms with E-state index in [0.29, 0.717) is 6.54 Å². The summed E-state index contributed by atoms with van der Waals surface area (Å²) in [7, 11) is 0. The molecule has 1 aliphatic rings. The normalized spacial score (nSPS) is 18.9. The molecule has 8 heteroatoms. The van der Waals surface area contributed by atoms with Gasteiger partial charge >= 0.3 is 11.8 Å². The van der Waals surface area contributed by atoms with Crippen LogP contribution in [-0.4, -0.2) is 34.2 Å². The van der Waals surface area contributed by atoms with Gasteiger partial charge in [0, 0.05) is 18.1 Å². The van der Waals surface area contributed by atoms with E-state index in [1.165, 1.54) is 18.5 Å². The molecule has 0 aliphatic carbocycles. The van der Waals surface area contributed by atoms with Crippen molar-refractivity contribution in [2.24, 2.45) is 11.7 Å². The van der Waals surface area contributed by atoms with Crippen LogP contribution < -0.4 is 11.1 Å². The number of hydrogen-bond acceptors (Lipinski definition) is 5. The second-order valence-electron chi connectivity index (χ2n) is 7.65. The van der Waals surface area contributed by atoms with Gasteiger partial charge in [-0.05, 0) is 42.5 Å². The number of furan rings is 1. The Kier molecular flexibility index (Phi) is 5.22. The molecule has 1 aliphatic heterocycles. The number of primary amides is 1. The molecule has 1 saturated heterocycles. The second-order valence-corrected chi connectivity index (χ2v) is 7.65. The molecule has 0 radical (unpaired) electrons. The third kappa shape index (κ3) is 3.89. The SMILES string of the molecule is C[C@@H]1CC[C@@H](c2ccc3ccoc3c2)N(C(=O)C(=O)Nc2cncc(C(N)=O)c2)C1. The van der Waals surface area contributed by atoms with Gasteiger partial charge in [0.1, 0.15) is 5.58 Å². The van der Waals surface area contributed by atoms with E-state index in [9.17, 15) is 14.4 Å². The number of aromatic nitrogens is 1. The van der Waals surface area contributed by atoms with Gasteiger partial charge in [-0.1, -0.05) is 19.1 Å². The molecule has 1 fully saturated rings. The van der Waals surface area contributed by atoms with Gasteiger partial charge in [0.25, 0.3) is 0 Å². The second kappa shape index (κ2) is 7.98. The third-order valence-corrected chi connectivity index (χ3v) is 5.42. The summed E-state index contributed by atoms with van der Waals surface area (Å²) in [5, 5.41) is 3.51. The Morgan fingerprint density at radius 2 is 2.00 bits per heavy atom. The number of piperidine rings is 1. The number of amides is 3. The number of fused-ring (bicyclic) bond motifs is 1. The summed E-state index contributed by atoms with van der Waals surface area (Å²) in [5.74, 6) is -1.79. The first-order chi connectivity index (χ1) is 14.4. The molecule has 2 aromatic heterocycles. The number of likely N-dealkylation sites (tertiary alicyclic amines) is 1. The average Bonchev–Trinajstić information content (AvgIpc) is 3.21. The molecule has 0 unspecified atom stereocenters. The predicted octanol–water partition coefficient (Wildman–Crippen LogP) is 2.87. The van der Waals surface area contributed by atoms with E-state index in [1.54, 1.807) is 11.2 Å². The minimum Gasteiger partial charge on any atom is -0.464 e. The number of carbonyl (C=O) groups is 3. The number of carbonyl (C=O) groups excluding carboxylic acids is 3. The largest absolute Gasteiger partial charge is 0.464 e. The lowest BCUT2D eigenvalue weighted by Gasteiger charge is -2.38. The van der Waals surface area contributed by atoms with E-state index < -0.39 is 17.7 Å². The van der Waals surface area contributed by atoms with Gasteiger partial charge in [-0.3, -0.25) is 19.4 Å². The lowest BCUT2D eigenvalue weighted by molar-refractivity contribution is -0.146. The van der Waals surface area contributed by atoms with Crippen LogP contribution in [0.3, 0.4) is 0 Å². The smallest absolute Gasteiger partial charge is 0.313 e. The molecule has 0 spiro atoms. The number of nitrogens with zero attached hydrogens (tertiary/aromatic N) is 2. The Hall–Kier alpha value is -3.68. The van der Waals surface area contributed by atoms with Crippen LogP contribution in [0.2, 0.25) is 0 Å². The molecular weight excluding hydrogens is 384 g/mol. The van der Waals surface area contributed by atoms with E-state index >= 15 is 0 Å². The molecule has 2 atom stereocenters. The molecule has 30 heavy (non-hydrogen) atoms. The van der Waals surface area contributed by atoms with Crippen LogP contribution in [0.5, 0.6) is 0 Å². The molecule has 3 aromatic rings. The summed E-state index contributed by atoms with van der Waals surface area (Å²) in [6.45, 7) is 2.54. The lowest BCUT2D eigenvalue weighted by atomic mass is 9.89. The zero-order valence-electron chi connectivity index (χ0n) is 16.5. The first kappa shape index (κ1) is 19.6. The molecule has 0 saturated carbocycles. The summed E-state index contributed by atoms with van der Waals surface area (Å²) in [4.78, 5) is 42.5. The fourth-order valence-electron chi connectivity index (χ4n) is 3.86. The minimum absolute atomic E-state index is 0.150. The van der Waals surface area contributed by atoms with Crippen molar-refractivity contribution in [1.82, 2.24) is 9.88 Å². The quantitative estimate of drug-likeness (QED) is 0.649. The molecule has 3 heterocycles. The van der Waals surface area contributed by atoms with Gasteiger partial charge in [-0.15, -0.1) is 0 Å². The Bertz CT molecular complexity index is 1120. The molecular formula is C22H22N4O4. The Balaban J connectivity index is 1.56. The highest BCUT2D eigenvalue weighted by Crippen LogP contribution is 2.35. The van der Waals surface area contributed by atoms with Gasteiger partial charge in [-0.25, -0.2) is 0 Å². The number of nitrogens with one attached hydrogen (secondary N) is 1. The zero-order chi connectivity index (χ0) is 21.3. The van der Waals surface area contributed by atoms with Crippen LogP contribution in [0.4, 0.5) is 5.69 Å². The maximum absolute atomic E-state index is 13.0. The number of hydrogen-bond donors (Lipinski definition) is 2. The van der Waals surface area contributed by atoms with Crippen molar-refractivity contribution in [2.75, 3.05) is 11.9 Å². The Morgan fingerprint density at radius 3 is 2.80 bits per heavy atom. The first-order valence-corrected chi connectivity index (χ1v) is 9.76. The first-order valence-electron chi connectivity index (χ1n) is 9.76. The van der Waals surface area contributed by atoms with E-state index in [2.05, 4.69) is 17.2 Å².